The SMILES string of the molecule is CN(C)CCNC(=O)C(C)(C)C(=O)Nc1ccc(N(C)C)cc1. The first kappa shape index (κ1) is 19.0. The van der Waals surface area contributed by atoms with E-state index in [2.05, 4.69) is 10.6 Å². The van der Waals surface area contributed by atoms with E-state index in [9.17, 15) is 9.59 Å². The van der Waals surface area contributed by atoms with Crippen molar-refractivity contribution >= 4 is 23.2 Å². The number of likely N-dealkylation sites (N-methyl/N-ethyl adjacent to an activating group) is 1. The maximum Gasteiger partial charge on any atom is 0.239 e. The number of nitrogens with one attached hydrogen (secondary N) is 2. The molecular weight excluding hydrogens is 292 g/mol. The lowest BCUT2D eigenvalue weighted by atomic mass is 9.91. The summed E-state index contributed by atoms with van der Waals surface area (Å²) in [6.45, 7) is 4.50. The molecule has 1 aromatic carbocycles. The highest BCUT2D eigenvalue weighted by molar-refractivity contribution is 6.09. The van der Waals surface area contributed by atoms with E-state index in [1.165, 1.54) is 0 Å². The predicted octanol–water partition coefficient (Wildman–Crippen LogP) is 1.40. The average molecular weight is 320 g/mol. The van der Waals surface area contributed by atoms with Crippen LogP contribution in [0.2, 0.25) is 0 Å². The molecule has 6 nitrogen and oxygen atoms in total. The lowest BCUT2D eigenvalue weighted by Crippen LogP contribution is -2.46. The van der Waals surface area contributed by atoms with Gasteiger partial charge in [0.2, 0.25) is 11.8 Å². The summed E-state index contributed by atoms with van der Waals surface area (Å²) in [7, 11) is 7.77. The number of hydrogen-bond donors (Lipinski definition) is 2. The van der Waals surface area contributed by atoms with Gasteiger partial charge in [-0.05, 0) is 52.2 Å². The fraction of sp³-hybridized carbons (Fsp3) is 0.529. The molecule has 0 aliphatic heterocycles. The molecule has 0 spiro atoms. The van der Waals surface area contributed by atoms with Gasteiger partial charge in [-0.25, -0.2) is 0 Å². The van der Waals surface area contributed by atoms with Crippen molar-refractivity contribution in [2.24, 2.45) is 5.41 Å². The molecule has 0 radical (unpaired) electrons. The van der Waals surface area contributed by atoms with Crippen LogP contribution in [-0.2, 0) is 9.59 Å². The first-order valence-electron chi connectivity index (χ1n) is 7.66. The highest BCUT2D eigenvalue weighted by atomic mass is 16.2. The summed E-state index contributed by atoms with van der Waals surface area (Å²) >= 11 is 0. The molecule has 0 saturated carbocycles. The molecule has 0 heterocycles. The molecule has 128 valence electrons. The third kappa shape index (κ3) is 5.56. The Balaban J connectivity index is 2.65. The lowest BCUT2D eigenvalue weighted by Gasteiger charge is -2.23. The summed E-state index contributed by atoms with van der Waals surface area (Å²) in [5, 5.41) is 5.60. The van der Waals surface area contributed by atoms with Crippen LogP contribution in [0.15, 0.2) is 24.3 Å². The molecule has 6 heteroatoms. The van der Waals surface area contributed by atoms with E-state index < -0.39 is 5.41 Å². The number of hydrogen-bond acceptors (Lipinski definition) is 4. The fourth-order valence-corrected chi connectivity index (χ4v) is 1.85. The molecule has 1 rings (SSSR count). The highest BCUT2D eigenvalue weighted by Crippen LogP contribution is 2.21. The molecular formula is C17H28N4O2. The molecule has 0 fully saturated rings. The van der Waals surface area contributed by atoms with Crippen molar-refractivity contribution in [3.63, 3.8) is 0 Å². The zero-order chi connectivity index (χ0) is 17.6. The molecule has 0 aliphatic carbocycles. The van der Waals surface area contributed by atoms with Crippen LogP contribution in [0.5, 0.6) is 0 Å². The van der Waals surface area contributed by atoms with E-state index in [4.69, 9.17) is 0 Å². The summed E-state index contributed by atoms with van der Waals surface area (Å²) in [5.74, 6) is -0.598. The molecule has 23 heavy (non-hydrogen) atoms. The Hall–Kier alpha value is -2.08. The summed E-state index contributed by atoms with van der Waals surface area (Å²) < 4.78 is 0. The number of nitrogens with zero attached hydrogens (tertiary/aromatic N) is 2. The Kier molecular flexibility index (Phi) is 6.57. The van der Waals surface area contributed by atoms with E-state index in [-0.39, 0.29) is 11.8 Å². The van der Waals surface area contributed by atoms with E-state index in [0.717, 1.165) is 12.2 Å². The average Bonchev–Trinajstić information content (AvgIpc) is 2.47. The van der Waals surface area contributed by atoms with Gasteiger partial charge in [0, 0.05) is 38.6 Å². The standard InChI is InChI=1S/C17H28N4O2/c1-17(2,15(22)18-11-12-20(3)4)16(23)19-13-7-9-14(10-8-13)21(5)6/h7-10H,11-12H2,1-6H3,(H,18,22)(H,19,23). The second kappa shape index (κ2) is 7.97. The molecule has 2 amide bonds. The minimum absolute atomic E-state index is 0.276. The first-order valence-corrected chi connectivity index (χ1v) is 7.66. The third-order valence-electron chi connectivity index (χ3n) is 3.62. The molecule has 2 N–H and O–H groups in total. The molecule has 0 bridgehead atoms. The van der Waals surface area contributed by atoms with Gasteiger partial charge in [0.15, 0.2) is 0 Å². The van der Waals surface area contributed by atoms with E-state index in [1.807, 2.05) is 62.3 Å². The molecule has 1 aromatic rings. The van der Waals surface area contributed by atoms with Gasteiger partial charge in [-0.3, -0.25) is 9.59 Å². The van der Waals surface area contributed by atoms with Gasteiger partial charge in [-0.15, -0.1) is 0 Å². The Morgan fingerprint density at radius 1 is 1.00 bits per heavy atom. The second-order valence-corrected chi connectivity index (χ2v) is 6.58. The zero-order valence-electron chi connectivity index (χ0n) is 14.9. The maximum atomic E-state index is 12.4. The van der Waals surface area contributed by atoms with E-state index >= 15 is 0 Å². The summed E-state index contributed by atoms with van der Waals surface area (Å²) in [4.78, 5) is 28.6. The van der Waals surface area contributed by atoms with Gasteiger partial charge in [0.05, 0.1) is 0 Å². The Morgan fingerprint density at radius 2 is 1.57 bits per heavy atom. The van der Waals surface area contributed by atoms with Crippen LogP contribution in [0.1, 0.15) is 13.8 Å². The Labute approximate surface area is 138 Å². The number of carbonyl (C=O) groups excluding carboxylic acids is 2. The number of carbonyl (C=O) groups is 2. The van der Waals surface area contributed by atoms with Crippen molar-refractivity contribution in [1.82, 2.24) is 10.2 Å². The van der Waals surface area contributed by atoms with Crippen LogP contribution >= 0.6 is 0 Å². The molecule has 0 atom stereocenters. The highest BCUT2D eigenvalue weighted by Gasteiger charge is 2.35. The van der Waals surface area contributed by atoms with Crippen LogP contribution < -0.4 is 15.5 Å². The monoisotopic (exact) mass is 320 g/mol. The van der Waals surface area contributed by atoms with Crippen LogP contribution in [0.4, 0.5) is 11.4 Å². The normalized spacial score (nSPS) is 11.3. The van der Waals surface area contributed by atoms with Crippen molar-refractivity contribution in [1.29, 1.82) is 0 Å². The van der Waals surface area contributed by atoms with Crippen molar-refractivity contribution in [2.45, 2.75) is 13.8 Å². The smallest absolute Gasteiger partial charge is 0.239 e. The van der Waals surface area contributed by atoms with E-state index in [0.29, 0.717) is 12.2 Å². The minimum atomic E-state index is -1.13. The molecule has 0 aromatic heterocycles. The van der Waals surface area contributed by atoms with Crippen LogP contribution in [0.3, 0.4) is 0 Å². The molecule has 0 unspecified atom stereocenters. The number of rotatable bonds is 7. The topological polar surface area (TPSA) is 64.7 Å². The Morgan fingerprint density at radius 3 is 2.04 bits per heavy atom. The van der Waals surface area contributed by atoms with Crippen molar-refractivity contribution in [3.05, 3.63) is 24.3 Å². The fourth-order valence-electron chi connectivity index (χ4n) is 1.85. The second-order valence-electron chi connectivity index (χ2n) is 6.58. The largest absolute Gasteiger partial charge is 0.378 e. The Bertz CT molecular complexity index is 536. The van der Waals surface area contributed by atoms with Gasteiger partial charge in [-0.2, -0.15) is 0 Å². The van der Waals surface area contributed by atoms with E-state index in [1.54, 1.807) is 13.8 Å². The van der Waals surface area contributed by atoms with Gasteiger partial charge >= 0.3 is 0 Å². The van der Waals surface area contributed by atoms with Gasteiger partial charge in [-0.1, -0.05) is 0 Å². The van der Waals surface area contributed by atoms with Crippen LogP contribution in [0, 0.1) is 5.41 Å². The number of benzene rings is 1. The van der Waals surface area contributed by atoms with Gasteiger partial charge < -0.3 is 20.4 Å². The predicted molar refractivity (Wildman–Crippen MR) is 94.7 cm³/mol. The summed E-state index contributed by atoms with van der Waals surface area (Å²) in [6.07, 6.45) is 0. The van der Waals surface area contributed by atoms with Gasteiger partial charge in [0.1, 0.15) is 5.41 Å². The molecule has 0 saturated heterocycles. The number of anilines is 2. The quantitative estimate of drug-likeness (QED) is 0.745. The third-order valence-corrected chi connectivity index (χ3v) is 3.62. The maximum absolute atomic E-state index is 12.4. The first-order chi connectivity index (χ1) is 10.6. The van der Waals surface area contributed by atoms with Crippen LogP contribution in [0.25, 0.3) is 0 Å². The summed E-state index contributed by atoms with van der Waals surface area (Å²) in [6, 6.07) is 7.49. The van der Waals surface area contributed by atoms with Crippen molar-refractivity contribution < 1.29 is 9.59 Å². The minimum Gasteiger partial charge on any atom is -0.378 e. The zero-order valence-corrected chi connectivity index (χ0v) is 14.9. The van der Waals surface area contributed by atoms with Crippen LogP contribution in [-0.4, -0.2) is 58.0 Å². The van der Waals surface area contributed by atoms with Crippen molar-refractivity contribution in [2.75, 3.05) is 51.5 Å². The summed E-state index contributed by atoms with van der Waals surface area (Å²) in [5.41, 5.74) is 0.588. The number of amides is 2. The van der Waals surface area contributed by atoms with Gasteiger partial charge in [0.25, 0.3) is 0 Å². The molecule has 0 aliphatic rings. The van der Waals surface area contributed by atoms with Crippen molar-refractivity contribution in [3.8, 4) is 0 Å². The lowest BCUT2D eigenvalue weighted by molar-refractivity contribution is -0.138.